The molecule has 0 saturated carbocycles. The molecular weight excluding hydrogens is 290 g/mol. The highest BCUT2D eigenvalue weighted by Crippen LogP contribution is 2.27. The number of benzene rings is 1. The molecule has 1 fully saturated rings. The Labute approximate surface area is 139 Å². The van der Waals surface area contributed by atoms with E-state index in [0.29, 0.717) is 6.54 Å². The summed E-state index contributed by atoms with van der Waals surface area (Å²) in [5.41, 5.74) is 7.45. The molecule has 23 heavy (non-hydrogen) atoms. The lowest BCUT2D eigenvalue weighted by molar-refractivity contribution is -0.125. The first-order chi connectivity index (χ1) is 11.1. The summed E-state index contributed by atoms with van der Waals surface area (Å²) in [6.45, 7) is 8.90. The van der Waals surface area contributed by atoms with Gasteiger partial charge in [-0.15, -0.1) is 0 Å². The molecule has 1 aliphatic heterocycles. The molecule has 3 N–H and O–H groups in total. The van der Waals surface area contributed by atoms with Gasteiger partial charge in [-0.1, -0.05) is 26.0 Å². The van der Waals surface area contributed by atoms with Gasteiger partial charge < -0.3 is 15.8 Å². The molecule has 0 radical (unpaired) electrons. The molecule has 2 rings (SSSR count). The van der Waals surface area contributed by atoms with Gasteiger partial charge in [-0.05, 0) is 30.5 Å². The van der Waals surface area contributed by atoms with Crippen molar-refractivity contribution in [1.29, 1.82) is 0 Å². The van der Waals surface area contributed by atoms with Crippen LogP contribution in [0.25, 0.3) is 0 Å². The first-order valence-corrected chi connectivity index (χ1v) is 8.54. The van der Waals surface area contributed by atoms with Crippen LogP contribution in [0, 0.1) is 5.41 Å². The van der Waals surface area contributed by atoms with Gasteiger partial charge in [0.05, 0.1) is 18.6 Å². The maximum absolute atomic E-state index is 12.5. The van der Waals surface area contributed by atoms with Crippen molar-refractivity contribution in [2.45, 2.75) is 33.2 Å². The van der Waals surface area contributed by atoms with Crippen molar-refractivity contribution in [2.24, 2.45) is 11.1 Å². The number of hydrogen-bond acceptors (Lipinski definition) is 4. The second-order valence-electron chi connectivity index (χ2n) is 6.23. The predicted molar refractivity (Wildman–Crippen MR) is 93.2 cm³/mol. The third kappa shape index (κ3) is 4.53. The Bertz CT molecular complexity index is 483. The minimum absolute atomic E-state index is 0.0194. The number of nitrogens with one attached hydrogen (secondary N) is 1. The Hall–Kier alpha value is -1.43. The van der Waals surface area contributed by atoms with E-state index in [4.69, 9.17) is 10.5 Å². The SMILES string of the molecule is CCC(CC)(CN)C(=O)Nc1ccc(CN2CCOCC2)cc1. The average molecular weight is 319 g/mol. The van der Waals surface area contributed by atoms with Crippen LogP contribution < -0.4 is 11.1 Å². The van der Waals surface area contributed by atoms with E-state index < -0.39 is 5.41 Å². The van der Waals surface area contributed by atoms with Crippen LogP contribution in [0.5, 0.6) is 0 Å². The zero-order chi connectivity index (χ0) is 16.7. The van der Waals surface area contributed by atoms with Crippen LogP contribution in [0.2, 0.25) is 0 Å². The van der Waals surface area contributed by atoms with Gasteiger partial charge in [0.15, 0.2) is 0 Å². The van der Waals surface area contributed by atoms with Crippen LogP contribution in [0.1, 0.15) is 32.3 Å². The van der Waals surface area contributed by atoms with E-state index in [2.05, 4.69) is 22.3 Å². The van der Waals surface area contributed by atoms with Crippen LogP contribution in [0.3, 0.4) is 0 Å². The topological polar surface area (TPSA) is 67.6 Å². The fourth-order valence-corrected chi connectivity index (χ4v) is 2.93. The normalized spacial score (nSPS) is 16.3. The quantitative estimate of drug-likeness (QED) is 0.809. The molecule has 1 aromatic carbocycles. The zero-order valence-corrected chi connectivity index (χ0v) is 14.3. The van der Waals surface area contributed by atoms with E-state index in [-0.39, 0.29) is 5.91 Å². The smallest absolute Gasteiger partial charge is 0.231 e. The van der Waals surface area contributed by atoms with Crippen LogP contribution in [0.4, 0.5) is 5.69 Å². The molecule has 1 aromatic rings. The maximum Gasteiger partial charge on any atom is 0.231 e. The number of carbonyl (C=O) groups excluding carboxylic acids is 1. The summed E-state index contributed by atoms with van der Waals surface area (Å²) in [4.78, 5) is 14.9. The van der Waals surface area contributed by atoms with Gasteiger partial charge in [-0.25, -0.2) is 0 Å². The van der Waals surface area contributed by atoms with E-state index >= 15 is 0 Å². The number of rotatable bonds is 7. The van der Waals surface area contributed by atoms with Crippen LogP contribution >= 0.6 is 0 Å². The first-order valence-electron chi connectivity index (χ1n) is 8.54. The van der Waals surface area contributed by atoms with E-state index in [0.717, 1.165) is 51.4 Å². The summed E-state index contributed by atoms with van der Waals surface area (Å²) < 4.78 is 5.36. The maximum atomic E-state index is 12.5. The predicted octanol–water partition coefficient (Wildman–Crippen LogP) is 2.22. The highest BCUT2D eigenvalue weighted by molar-refractivity contribution is 5.95. The monoisotopic (exact) mass is 319 g/mol. The van der Waals surface area contributed by atoms with E-state index in [1.807, 2.05) is 26.0 Å². The molecule has 1 aliphatic rings. The molecule has 0 spiro atoms. The Kier molecular flexibility index (Phi) is 6.57. The second kappa shape index (κ2) is 8.43. The molecule has 0 unspecified atom stereocenters. The molecule has 0 atom stereocenters. The molecule has 1 saturated heterocycles. The van der Waals surface area contributed by atoms with Crippen LogP contribution in [-0.4, -0.2) is 43.7 Å². The molecule has 5 heteroatoms. The number of nitrogens with two attached hydrogens (primary N) is 1. The lowest BCUT2D eigenvalue weighted by Crippen LogP contribution is -2.41. The fourth-order valence-electron chi connectivity index (χ4n) is 2.93. The Morgan fingerprint density at radius 3 is 2.35 bits per heavy atom. The highest BCUT2D eigenvalue weighted by atomic mass is 16.5. The van der Waals surface area contributed by atoms with Crippen molar-refractivity contribution in [3.8, 4) is 0 Å². The van der Waals surface area contributed by atoms with Crippen molar-refractivity contribution in [3.05, 3.63) is 29.8 Å². The average Bonchev–Trinajstić information content (AvgIpc) is 2.60. The standard InChI is InChI=1S/C18H29N3O2/c1-3-18(4-2,14-19)17(22)20-16-7-5-15(6-8-16)13-21-9-11-23-12-10-21/h5-8H,3-4,9-14,19H2,1-2H3,(H,20,22). The number of anilines is 1. The van der Waals surface area contributed by atoms with Crippen molar-refractivity contribution in [1.82, 2.24) is 4.90 Å². The summed E-state index contributed by atoms with van der Waals surface area (Å²) >= 11 is 0. The minimum Gasteiger partial charge on any atom is -0.379 e. The van der Waals surface area contributed by atoms with Crippen LogP contribution in [0.15, 0.2) is 24.3 Å². The molecule has 0 bridgehead atoms. The summed E-state index contributed by atoms with van der Waals surface area (Å²) in [5.74, 6) is 0.0194. The number of nitrogens with zero attached hydrogens (tertiary/aromatic N) is 1. The molecule has 5 nitrogen and oxygen atoms in total. The number of carbonyl (C=O) groups is 1. The van der Waals surface area contributed by atoms with Crippen molar-refractivity contribution in [2.75, 3.05) is 38.2 Å². The zero-order valence-electron chi connectivity index (χ0n) is 14.3. The molecule has 1 amide bonds. The third-order valence-electron chi connectivity index (χ3n) is 4.95. The summed E-state index contributed by atoms with van der Waals surface area (Å²) in [6, 6.07) is 8.10. The van der Waals surface area contributed by atoms with Gasteiger partial charge in [0, 0.05) is 31.9 Å². The highest BCUT2D eigenvalue weighted by Gasteiger charge is 2.33. The lowest BCUT2D eigenvalue weighted by atomic mass is 9.81. The minimum atomic E-state index is -0.466. The lowest BCUT2D eigenvalue weighted by Gasteiger charge is -2.28. The van der Waals surface area contributed by atoms with Gasteiger partial charge in [-0.3, -0.25) is 9.69 Å². The van der Waals surface area contributed by atoms with Gasteiger partial charge in [0.25, 0.3) is 0 Å². The Morgan fingerprint density at radius 2 is 1.83 bits per heavy atom. The first kappa shape index (κ1) is 17.9. The van der Waals surface area contributed by atoms with Gasteiger partial charge in [0.2, 0.25) is 5.91 Å². The number of morpholine rings is 1. The van der Waals surface area contributed by atoms with Crippen molar-refractivity contribution >= 4 is 11.6 Å². The largest absolute Gasteiger partial charge is 0.379 e. The van der Waals surface area contributed by atoms with Crippen molar-refractivity contribution < 1.29 is 9.53 Å². The summed E-state index contributed by atoms with van der Waals surface area (Å²) in [5, 5.41) is 3.01. The molecular formula is C18H29N3O2. The number of hydrogen-bond donors (Lipinski definition) is 2. The molecule has 0 aromatic heterocycles. The number of amides is 1. The third-order valence-corrected chi connectivity index (χ3v) is 4.95. The summed E-state index contributed by atoms with van der Waals surface area (Å²) in [6.07, 6.45) is 1.50. The fraction of sp³-hybridized carbons (Fsp3) is 0.611. The van der Waals surface area contributed by atoms with E-state index in [9.17, 15) is 4.79 Å². The van der Waals surface area contributed by atoms with Crippen molar-refractivity contribution in [3.63, 3.8) is 0 Å². The van der Waals surface area contributed by atoms with E-state index in [1.54, 1.807) is 0 Å². The van der Waals surface area contributed by atoms with Gasteiger partial charge in [-0.2, -0.15) is 0 Å². The second-order valence-corrected chi connectivity index (χ2v) is 6.23. The van der Waals surface area contributed by atoms with Crippen LogP contribution in [-0.2, 0) is 16.1 Å². The van der Waals surface area contributed by atoms with Gasteiger partial charge >= 0.3 is 0 Å². The molecule has 0 aliphatic carbocycles. The molecule has 128 valence electrons. The van der Waals surface area contributed by atoms with Gasteiger partial charge in [0.1, 0.15) is 0 Å². The number of ether oxygens (including phenoxy) is 1. The summed E-state index contributed by atoms with van der Waals surface area (Å²) in [7, 11) is 0. The Morgan fingerprint density at radius 1 is 1.22 bits per heavy atom. The molecule has 1 heterocycles. The Balaban J connectivity index is 1.95. The van der Waals surface area contributed by atoms with E-state index in [1.165, 1.54) is 5.56 Å².